The van der Waals surface area contributed by atoms with Crippen molar-refractivity contribution in [1.29, 1.82) is 0 Å². The molecule has 0 bridgehead atoms. The molecule has 0 N–H and O–H groups in total. The predicted octanol–water partition coefficient (Wildman–Crippen LogP) is 3.49. The van der Waals surface area contributed by atoms with E-state index in [2.05, 4.69) is 4.98 Å². The van der Waals surface area contributed by atoms with E-state index in [1.807, 2.05) is 0 Å². The molecular weight excluding hydrogens is 224 g/mol. The quantitative estimate of drug-likeness (QED) is 0.671. The maximum Gasteiger partial charge on any atom is 0.433 e. The van der Waals surface area contributed by atoms with Gasteiger partial charge in [-0.25, -0.2) is 18.2 Å². The number of nitrogens with zero attached hydrogens (tertiary/aromatic N) is 1. The van der Waals surface area contributed by atoms with Gasteiger partial charge in [-0.15, -0.1) is 0 Å². The molecule has 84 valence electrons. The van der Waals surface area contributed by atoms with Gasteiger partial charge in [0, 0.05) is 0 Å². The molecule has 0 spiro atoms. The first-order valence-corrected chi connectivity index (χ1v) is 3.75. The largest absolute Gasteiger partial charge is 0.433 e. The van der Waals surface area contributed by atoms with Gasteiger partial charge in [0.1, 0.15) is 5.82 Å². The average Bonchev–Trinajstić information content (AvgIpc) is 2.06. The van der Waals surface area contributed by atoms with E-state index in [-0.39, 0.29) is 6.20 Å². The van der Waals surface area contributed by atoms with Crippen LogP contribution in [-0.2, 0) is 6.18 Å². The molecule has 15 heavy (non-hydrogen) atoms. The summed E-state index contributed by atoms with van der Waals surface area (Å²) in [6.45, 7) is 0.855. The molecule has 1 aromatic rings. The number of halogens is 6. The summed E-state index contributed by atoms with van der Waals surface area (Å²) in [6.07, 6.45) is -8.14. The smallest absolute Gasteiger partial charge is 0.248 e. The highest BCUT2D eigenvalue weighted by atomic mass is 19.4. The van der Waals surface area contributed by atoms with E-state index in [0.29, 0.717) is 0 Å². The van der Waals surface area contributed by atoms with Gasteiger partial charge in [-0.2, -0.15) is 13.2 Å². The van der Waals surface area contributed by atoms with Crippen molar-refractivity contribution in [2.75, 3.05) is 0 Å². The van der Waals surface area contributed by atoms with Gasteiger partial charge in [0.15, 0.2) is 5.69 Å². The Labute approximate surface area is 80.7 Å². The maximum atomic E-state index is 12.7. The highest BCUT2D eigenvalue weighted by molar-refractivity contribution is 5.32. The summed E-state index contributed by atoms with van der Waals surface area (Å²) in [6, 6.07) is 0. The minimum atomic E-state index is -5.01. The van der Waals surface area contributed by atoms with Crippen molar-refractivity contribution >= 4 is 0 Å². The van der Waals surface area contributed by atoms with E-state index in [4.69, 9.17) is 0 Å². The fraction of sp³-hybridized carbons (Fsp3) is 0.375. The van der Waals surface area contributed by atoms with Crippen LogP contribution in [0.1, 0.15) is 23.2 Å². The van der Waals surface area contributed by atoms with Crippen molar-refractivity contribution in [2.45, 2.75) is 19.5 Å². The molecule has 7 heteroatoms. The Morgan fingerprint density at radius 3 is 2.20 bits per heavy atom. The lowest BCUT2D eigenvalue weighted by Crippen LogP contribution is -2.14. The van der Waals surface area contributed by atoms with Gasteiger partial charge in [0.25, 0.3) is 6.43 Å². The molecule has 0 radical (unpaired) electrons. The van der Waals surface area contributed by atoms with Gasteiger partial charge in [-0.1, -0.05) is 0 Å². The Hall–Kier alpha value is -1.27. The summed E-state index contributed by atoms with van der Waals surface area (Å²) in [7, 11) is 0. The number of hydrogen-bond donors (Lipinski definition) is 0. The lowest BCUT2D eigenvalue weighted by atomic mass is 10.1. The summed E-state index contributed by atoms with van der Waals surface area (Å²) in [5.74, 6) is -1.18. The molecule has 1 heterocycles. The van der Waals surface area contributed by atoms with E-state index in [1.165, 1.54) is 0 Å². The van der Waals surface area contributed by atoms with Crippen LogP contribution in [0.4, 0.5) is 26.3 Å². The molecule has 0 aromatic carbocycles. The third-order valence-corrected chi connectivity index (χ3v) is 1.81. The summed E-state index contributed by atoms with van der Waals surface area (Å²) in [4.78, 5) is 2.65. The second kappa shape index (κ2) is 3.71. The highest BCUT2D eigenvalue weighted by Gasteiger charge is 2.39. The van der Waals surface area contributed by atoms with Crippen LogP contribution < -0.4 is 0 Å². The van der Waals surface area contributed by atoms with Crippen LogP contribution in [0, 0.1) is 12.7 Å². The lowest BCUT2D eigenvalue weighted by Gasteiger charge is -2.13. The Morgan fingerprint density at radius 1 is 1.27 bits per heavy atom. The lowest BCUT2D eigenvalue weighted by molar-refractivity contribution is -0.143. The van der Waals surface area contributed by atoms with Crippen LogP contribution in [0.2, 0.25) is 0 Å². The maximum absolute atomic E-state index is 12.7. The number of rotatable bonds is 1. The van der Waals surface area contributed by atoms with Crippen LogP contribution >= 0.6 is 0 Å². The van der Waals surface area contributed by atoms with Gasteiger partial charge in [-0.05, 0) is 12.5 Å². The molecule has 0 aliphatic rings. The monoisotopic (exact) mass is 229 g/mol. The zero-order chi connectivity index (χ0) is 11.8. The first-order valence-electron chi connectivity index (χ1n) is 3.75. The second-order valence-corrected chi connectivity index (χ2v) is 2.79. The minimum absolute atomic E-state index is 0.282. The van der Waals surface area contributed by atoms with Crippen molar-refractivity contribution < 1.29 is 26.3 Å². The number of hydrogen-bond acceptors (Lipinski definition) is 1. The fourth-order valence-electron chi connectivity index (χ4n) is 1.09. The third-order valence-electron chi connectivity index (χ3n) is 1.81. The normalized spacial score (nSPS) is 12.3. The first-order chi connectivity index (χ1) is 6.75. The standard InChI is InChI=1S/C8H5F6N/c1-3-4(9)2-15-6(8(12,13)14)5(3)7(10)11/h2,7H,1H3. The van der Waals surface area contributed by atoms with Crippen LogP contribution in [-0.4, -0.2) is 4.98 Å². The molecule has 0 aliphatic carbocycles. The van der Waals surface area contributed by atoms with Crippen LogP contribution in [0.15, 0.2) is 6.20 Å². The van der Waals surface area contributed by atoms with E-state index in [0.717, 1.165) is 6.92 Å². The first kappa shape index (κ1) is 11.8. The number of pyridine rings is 1. The van der Waals surface area contributed by atoms with Crippen LogP contribution in [0.25, 0.3) is 0 Å². The number of alkyl halides is 5. The van der Waals surface area contributed by atoms with Gasteiger partial charge < -0.3 is 0 Å². The molecule has 0 amide bonds. The van der Waals surface area contributed by atoms with Gasteiger partial charge >= 0.3 is 6.18 Å². The Bertz CT molecular complexity index is 370. The summed E-state index contributed by atoms with van der Waals surface area (Å²) in [5.41, 5.74) is -3.87. The van der Waals surface area contributed by atoms with Crippen molar-refractivity contribution in [3.8, 4) is 0 Å². The van der Waals surface area contributed by atoms with E-state index < -0.39 is 35.2 Å². The SMILES string of the molecule is Cc1c(F)cnc(C(F)(F)F)c1C(F)F. The predicted molar refractivity (Wildman–Crippen MR) is 38.9 cm³/mol. The minimum Gasteiger partial charge on any atom is -0.248 e. The zero-order valence-electron chi connectivity index (χ0n) is 7.37. The van der Waals surface area contributed by atoms with E-state index in [1.54, 1.807) is 0 Å². The molecule has 0 saturated carbocycles. The fourth-order valence-corrected chi connectivity index (χ4v) is 1.09. The Kier molecular flexibility index (Phi) is 2.92. The summed E-state index contributed by atoms with van der Waals surface area (Å²) >= 11 is 0. The topological polar surface area (TPSA) is 12.9 Å². The molecule has 1 nitrogen and oxygen atoms in total. The molecule has 0 fully saturated rings. The average molecular weight is 229 g/mol. The molecule has 0 atom stereocenters. The molecule has 0 unspecified atom stereocenters. The third kappa shape index (κ3) is 2.21. The van der Waals surface area contributed by atoms with Crippen molar-refractivity contribution in [2.24, 2.45) is 0 Å². The van der Waals surface area contributed by atoms with E-state index in [9.17, 15) is 26.3 Å². The van der Waals surface area contributed by atoms with Gasteiger partial charge in [-0.3, -0.25) is 0 Å². The Balaban J connectivity index is 3.47. The number of aromatic nitrogens is 1. The second-order valence-electron chi connectivity index (χ2n) is 2.79. The zero-order valence-corrected chi connectivity index (χ0v) is 7.37. The molecule has 1 aromatic heterocycles. The van der Waals surface area contributed by atoms with Gasteiger partial charge in [0.2, 0.25) is 0 Å². The summed E-state index contributed by atoms with van der Waals surface area (Å²) in [5, 5.41) is 0. The molecule has 0 aliphatic heterocycles. The van der Waals surface area contributed by atoms with E-state index >= 15 is 0 Å². The van der Waals surface area contributed by atoms with Crippen molar-refractivity contribution in [3.63, 3.8) is 0 Å². The molecular formula is C8H5F6N. The highest BCUT2D eigenvalue weighted by Crippen LogP contribution is 2.36. The van der Waals surface area contributed by atoms with Crippen LogP contribution in [0.3, 0.4) is 0 Å². The van der Waals surface area contributed by atoms with Crippen LogP contribution in [0.5, 0.6) is 0 Å². The Morgan fingerprint density at radius 2 is 1.80 bits per heavy atom. The molecule has 1 rings (SSSR count). The van der Waals surface area contributed by atoms with Crippen molar-refractivity contribution in [1.82, 2.24) is 4.98 Å². The van der Waals surface area contributed by atoms with Gasteiger partial charge in [0.05, 0.1) is 11.8 Å². The molecule has 0 saturated heterocycles. The summed E-state index contributed by atoms with van der Waals surface area (Å²) < 4.78 is 73.9. The van der Waals surface area contributed by atoms with Crippen molar-refractivity contribution in [3.05, 3.63) is 28.8 Å².